The lowest BCUT2D eigenvalue weighted by atomic mass is 9.92. The van der Waals surface area contributed by atoms with Gasteiger partial charge in [-0.15, -0.1) is 0 Å². The van der Waals surface area contributed by atoms with Crippen LogP contribution in [-0.2, 0) is 30.8 Å². The largest absolute Gasteiger partial charge is 0.507 e. The maximum Gasteiger partial charge on any atom is 0.307 e. The molecule has 0 saturated carbocycles. The van der Waals surface area contributed by atoms with E-state index in [4.69, 9.17) is 21.4 Å². The second-order valence-electron chi connectivity index (χ2n) is 9.55. The van der Waals surface area contributed by atoms with Crippen molar-refractivity contribution in [2.24, 2.45) is 16.8 Å². The SMILES string of the molecule is N=C(N)c1ccc2nc(-c3cc(CC(=O)C[C@@H](CC(=O)O)C(=O)O)cc(-c4cc(S(N)(=O)=O)ccc4O)c3O)[nH]c2c1. The van der Waals surface area contributed by atoms with Crippen molar-refractivity contribution in [2.45, 2.75) is 24.2 Å². The second kappa shape index (κ2) is 11.3. The molecule has 218 valence electrons. The number of nitrogen functional groups attached to an aromatic ring is 1. The standard InChI is InChI=1S/C27H25N5O9S/c28-25(29)13-1-3-20-21(9-13)32-26(31-20)19-7-12(5-15(33)8-14(27(38)39)10-23(35)36)6-18(24(19)37)17-11-16(42(30,40)41)2-4-22(17)34/h1-4,6-7,9,11,14,34,37H,5,8,10H2,(H3,28,29)(H,31,32)(H,35,36)(H,38,39)(H2,30,40,41)/t14-/m0/s1. The molecule has 3 aromatic carbocycles. The zero-order valence-corrected chi connectivity index (χ0v) is 22.5. The van der Waals surface area contributed by atoms with Crippen LogP contribution in [0.2, 0.25) is 0 Å². The number of sulfonamides is 1. The van der Waals surface area contributed by atoms with E-state index in [2.05, 4.69) is 9.97 Å². The fourth-order valence-electron chi connectivity index (χ4n) is 4.43. The van der Waals surface area contributed by atoms with Crippen molar-refractivity contribution in [1.82, 2.24) is 9.97 Å². The number of primary sulfonamides is 1. The highest BCUT2D eigenvalue weighted by atomic mass is 32.2. The number of hydrogen-bond donors (Lipinski definition) is 8. The molecule has 0 aliphatic rings. The van der Waals surface area contributed by atoms with Crippen molar-refractivity contribution in [1.29, 1.82) is 5.41 Å². The summed E-state index contributed by atoms with van der Waals surface area (Å²) in [5.74, 6) is -5.87. The predicted octanol–water partition coefficient (Wildman–Crippen LogP) is 1.92. The predicted molar refractivity (Wildman–Crippen MR) is 149 cm³/mol. The van der Waals surface area contributed by atoms with Gasteiger partial charge in [-0.05, 0) is 54.1 Å². The van der Waals surface area contributed by atoms with E-state index >= 15 is 0 Å². The van der Waals surface area contributed by atoms with Gasteiger partial charge in [-0.3, -0.25) is 19.8 Å². The minimum Gasteiger partial charge on any atom is -0.507 e. The summed E-state index contributed by atoms with van der Waals surface area (Å²) in [6.45, 7) is 0. The number of aromatic amines is 1. The van der Waals surface area contributed by atoms with Gasteiger partial charge in [-0.1, -0.05) is 0 Å². The Balaban J connectivity index is 1.87. The van der Waals surface area contributed by atoms with Crippen LogP contribution in [0.15, 0.2) is 53.4 Å². The molecule has 42 heavy (non-hydrogen) atoms. The number of aromatic nitrogens is 2. The lowest BCUT2D eigenvalue weighted by molar-refractivity contribution is -0.149. The van der Waals surface area contributed by atoms with E-state index < -0.39 is 64.4 Å². The van der Waals surface area contributed by atoms with E-state index in [1.807, 2.05) is 0 Å². The van der Waals surface area contributed by atoms with E-state index in [9.17, 15) is 38.1 Å². The third-order valence-corrected chi connectivity index (χ3v) is 7.36. The normalized spacial score (nSPS) is 12.2. The number of aliphatic carboxylic acids is 2. The molecule has 0 aliphatic carbocycles. The van der Waals surface area contributed by atoms with Gasteiger partial charge in [0.05, 0.1) is 33.8 Å². The van der Waals surface area contributed by atoms with Crippen molar-refractivity contribution in [3.63, 3.8) is 0 Å². The van der Waals surface area contributed by atoms with E-state index in [0.29, 0.717) is 16.6 Å². The van der Waals surface area contributed by atoms with Gasteiger partial charge in [0.1, 0.15) is 28.9 Å². The Kier molecular flexibility index (Phi) is 7.99. The van der Waals surface area contributed by atoms with Gasteiger partial charge in [0.15, 0.2) is 0 Å². The highest BCUT2D eigenvalue weighted by Crippen LogP contribution is 2.43. The average molecular weight is 596 g/mol. The highest BCUT2D eigenvalue weighted by molar-refractivity contribution is 7.89. The van der Waals surface area contributed by atoms with Crippen molar-refractivity contribution in [2.75, 3.05) is 0 Å². The number of hydrogen-bond acceptors (Lipinski definition) is 9. The van der Waals surface area contributed by atoms with Crippen LogP contribution in [0.3, 0.4) is 0 Å². The maximum atomic E-state index is 12.9. The van der Waals surface area contributed by atoms with Crippen molar-refractivity contribution < 1.29 is 43.2 Å². The summed E-state index contributed by atoms with van der Waals surface area (Å²) < 4.78 is 24.0. The topological polar surface area (TPSA) is 271 Å². The number of ketones is 1. The Morgan fingerprint density at radius 1 is 0.952 bits per heavy atom. The molecule has 0 radical (unpaired) electrons. The first-order valence-corrected chi connectivity index (χ1v) is 13.7. The molecule has 0 unspecified atom stereocenters. The number of carbonyl (C=O) groups is 3. The third-order valence-electron chi connectivity index (χ3n) is 6.45. The number of nitrogens with two attached hydrogens (primary N) is 2. The molecule has 0 amide bonds. The van der Waals surface area contributed by atoms with Crippen LogP contribution < -0.4 is 10.9 Å². The van der Waals surface area contributed by atoms with Crippen molar-refractivity contribution in [3.05, 3.63) is 59.7 Å². The van der Waals surface area contributed by atoms with E-state index in [0.717, 1.165) is 18.2 Å². The molecule has 0 spiro atoms. The van der Waals surface area contributed by atoms with Crippen molar-refractivity contribution >= 4 is 44.6 Å². The van der Waals surface area contributed by atoms with E-state index in [-0.39, 0.29) is 38.8 Å². The first-order chi connectivity index (χ1) is 19.6. The van der Waals surface area contributed by atoms with Gasteiger partial charge in [0, 0.05) is 29.5 Å². The van der Waals surface area contributed by atoms with E-state index in [1.54, 1.807) is 18.2 Å². The van der Waals surface area contributed by atoms with Gasteiger partial charge in [0.2, 0.25) is 10.0 Å². The number of carboxylic acids is 2. The van der Waals surface area contributed by atoms with Crippen LogP contribution in [0.1, 0.15) is 24.0 Å². The number of nitrogens with zero attached hydrogens (tertiary/aromatic N) is 1. The monoisotopic (exact) mass is 595 g/mol. The third kappa shape index (κ3) is 6.37. The number of fused-ring (bicyclic) bond motifs is 1. The molecule has 1 heterocycles. The van der Waals surface area contributed by atoms with Crippen LogP contribution >= 0.6 is 0 Å². The minimum atomic E-state index is -4.21. The molecule has 0 fully saturated rings. The van der Waals surface area contributed by atoms with Crippen LogP contribution in [0, 0.1) is 11.3 Å². The minimum absolute atomic E-state index is 0.0385. The summed E-state index contributed by atoms with van der Waals surface area (Å²) in [6, 6.07) is 10.6. The summed E-state index contributed by atoms with van der Waals surface area (Å²) in [6.07, 6.45) is -1.74. The van der Waals surface area contributed by atoms with Gasteiger partial charge in [0.25, 0.3) is 0 Å². The molecule has 14 nitrogen and oxygen atoms in total. The van der Waals surface area contributed by atoms with Gasteiger partial charge < -0.3 is 31.1 Å². The summed E-state index contributed by atoms with van der Waals surface area (Å²) >= 11 is 0. The smallest absolute Gasteiger partial charge is 0.307 e. The van der Waals surface area contributed by atoms with Crippen molar-refractivity contribution in [3.8, 4) is 34.0 Å². The first-order valence-electron chi connectivity index (χ1n) is 12.2. The lowest BCUT2D eigenvalue weighted by Crippen LogP contribution is -2.22. The number of carbonyl (C=O) groups excluding carboxylic acids is 1. The molecule has 4 aromatic rings. The Labute approximate surface area is 237 Å². The summed E-state index contributed by atoms with van der Waals surface area (Å²) in [7, 11) is -4.21. The summed E-state index contributed by atoms with van der Waals surface area (Å²) in [5.41, 5.74) is 6.88. The Hall–Kier alpha value is -5.28. The van der Waals surface area contributed by atoms with Crippen LogP contribution in [-0.4, -0.2) is 62.4 Å². The number of nitrogens with one attached hydrogen (secondary N) is 2. The molecule has 0 aliphatic heterocycles. The Bertz CT molecular complexity index is 1880. The number of Topliss-reactive ketones (excluding diaryl/α,β-unsaturated/α-hetero) is 1. The molecule has 1 atom stereocenters. The lowest BCUT2D eigenvalue weighted by Gasteiger charge is -2.15. The number of carboxylic acid groups (broad SMARTS) is 2. The summed E-state index contributed by atoms with van der Waals surface area (Å²) in [5, 5.41) is 53.1. The average Bonchev–Trinajstić information content (AvgIpc) is 3.32. The highest BCUT2D eigenvalue weighted by Gasteiger charge is 2.26. The van der Waals surface area contributed by atoms with Gasteiger partial charge in [-0.25, -0.2) is 18.5 Å². The molecular formula is C27H25N5O9S. The molecule has 15 heteroatoms. The Morgan fingerprint density at radius 2 is 1.64 bits per heavy atom. The first kappa shape index (κ1) is 29.7. The quantitative estimate of drug-likeness (QED) is 0.0916. The number of phenols is 2. The van der Waals surface area contributed by atoms with Crippen LogP contribution in [0.25, 0.3) is 33.5 Å². The molecule has 0 bridgehead atoms. The zero-order valence-electron chi connectivity index (χ0n) is 21.7. The molecule has 4 rings (SSSR count). The van der Waals surface area contributed by atoms with Crippen LogP contribution in [0.5, 0.6) is 11.5 Å². The molecular weight excluding hydrogens is 570 g/mol. The summed E-state index contributed by atoms with van der Waals surface area (Å²) in [4.78, 5) is 42.5. The number of imidazole rings is 1. The molecule has 10 N–H and O–H groups in total. The number of H-pyrrole nitrogens is 1. The van der Waals surface area contributed by atoms with E-state index in [1.165, 1.54) is 12.1 Å². The number of aromatic hydroxyl groups is 2. The fourth-order valence-corrected chi connectivity index (χ4v) is 4.97. The maximum absolute atomic E-state index is 12.9. The van der Waals surface area contributed by atoms with Crippen LogP contribution in [0.4, 0.5) is 0 Å². The number of amidine groups is 1. The van der Waals surface area contributed by atoms with Gasteiger partial charge >= 0.3 is 11.9 Å². The zero-order chi connectivity index (χ0) is 30.9. The van der Waals surface area contributed by atoms with Gasteiger partial charge in [-0.2, -0.15) is 0 Å². The second-order valence-corrected chi connectivity index (χ2v) is 11.1. The fraction of sp³-hybridized carbons (Fsp3) is 0.148. The number of rotatable bonds is 11. The number of phenolic OH excluding ortho intramolecular Hbond substituents is 2. The number of benzene rings is 3. The molecule has 1 aromatic heterocycles. The molecule has 0 saturated heterocycles. The Morgan fingerprint density at radius 3 is 2.26 bits per heavy atom.